The fraction of sp³-hybridized carbons (Fsp3) is 0.360. The van der Waals surface area contributed by atoms with E-state index in [2.05, 4.69) is 47.4 Å². The number of hydrogen-bond acceptors (Lipinski definition) is 6. The van der Waals surface area contributed by atoms with Crippen LogP contribution in [0.1, 0.15) is 48.6 Å². The van der Waals surface area contributed by atoms with Crippen molar-refractivity contribution in [2.75, 3.05) is 13.2 Å². The van der Waals surface area contributed by atoms with Crippen molar-refractivity contribution in [3.8, 4) is 0 Å². The van der Waals surface area contributed by atoms with Gasteiger partial charge in [-0.25, -0.2) is 9.97 Å². The lowest BCUT2D eigenvalue weighted by Gasteiger charge is -2.39. The summed E-state index contributed by atoms with van der Waals surface area (Å²) in [7, 11) is 0. The number of nitrogens with zero attached hydrogens (tertiary/aromatic N) is 4. The average Bonchev–Trinajstić information content (AvgIpc) is 3.24. The molecule has 2 N–H and O–H groups in total. The van der Waals surface area contributed by atoms with E-state index in [0.717, 1.165) is 11.2 Å². The molecule has 176 valence electrons. The first-order chi connectivity index (χ1) is 16.3. The number of pyridine rings is 2. The van der Waals surface area contributed by atoms with Gasteiger partial charge in [0.1, 0.15) is 17.0 Å². The summed E-state index contributed by atoms with van der Waals surface area (Å²) >= 11 is 0. The molecule has 5 rings (SSSR count). The summed E-state index contributed by atoms with van der Waals surface area (Å²) in [4.78, 5) is 33.8. The predicted molar refractivity (Wildman–Crippen MR) is 128 cm³/mol. The summed E-state index contributed by atoms with van der Waals surface area (Å²) in [5.74, 6) is -0.419. The van der Waals surface area contributed by atoms with Gasteiger partial charge in [-0.05, 0) is 29.2 Å². The van der Waals surface area contributed by atoms with Gasteiger partial charge in [0.15, 0.2) is 0 Å². The number of nitrogens with one attached hydrogen (secondary N) is 2. The molecule has 0 saturated carbocycles. The minimum Gasteiger partial charge on any atom is -0.378 e. The lowest BCUT2D eigenvalue weighted by molar-refractivity contribution is 0.0107. The summed E-state index contributed by atoms with van der Waals surface area (Å²) in [6.45, 7) is 8.17. The van der Waals surface area contributed by atoms with Gasteiger partial charge in [-0.1, -0.05) is 32.9 Å². The van der Waals surface area contributed by atoms with Gasteiger partial charge in [0, 0.05) is 30.7 Å². The zero-order chi connectivity index (χ0) is 23.9. The molecule has 1 saturated heterocycles. The van der Waals surface area contributed by atoms with Gasteiger partial charge in [0.25, 0.3) is 11.5 Å². The minimum atomic E-state index is -0.419. The highest BCUT2D eigenvalue weighted by molar-refractivity contribution is 5.92. The Morgan fingerprint density at radius 3 is 2.82 bits per heavy atom. The lowest BCUT2D eigenvalue weighted by atomic mass is 9.85. The number of amides is 1. The van der Waals surface area contributed by atoms with Gasteiger partial charge in [-0.15, -0.1) is 0 Å². The number of ether oxygens (including phenoxy) is 1. The van der Waals surface area contributed by atoms with Gasteiger partial charge in [0.05, 0.1) is 31.5 Å². The Kier molecular flexibility index (Phi) is 5.66. The maximum atomic E-state index is 12.6. The topological polar surface area (TPSA) is 102 Å². The molecule has 4 aromatic heterocycles. The predicted octanol–water partition coefficient (Wildman–Crippen LogP) is 2.35. The molecule has 0 aliphatic carbocycles. The van der Waals surface area contributed by atoms with Crippen LogP contribution >= 0.6 is 0 Å². The van der Waals surface area contributed by atoms with Crippen LogP contribution in [0.15, 0.2) is 59.8 Å². The Bertz CT molecular complexity index is 1420. The van der Waals surface area contributed by atoms with Crippen LogP contribution in [-0.4, -0.2) is 43.9 Å². The van der Waals surface area contributed by atoms with Gasteiger partial charge >= 0.3 is 0 Å². The highest BCUT2D eigenvalue weighted by atomic mass is 16.5. The number of imidazole rings is 1. The maximum absolute atomic E-state index is 12.6. The molecular formula is C25H28N6O3. The molecule has 0 bridgehead atoms. The van der Waals surface area contributed by atoms with E-state index in [0.29, 0.717) is 24.6 Å². The van der Waals surface area contributed by atoms with Crippen molar-refractivity contribution < 1.29 is 9.53 Å². The minimum absolute atomic E-state index is 0.0824. The molecule has 9 nitrogen and oxygen atoms in total. The van der Waals surface area contributed by atoms with E-state index in [1.165, 1.54) is 10.5 Å². The third-order valence-corrected chi connectivity index (χ3v) is 6.18. The normalized spacial score (nSPS) is 18.9. The van der Waals surface area contributed by atoms with Crippen molar-refractivity contribution in [3.63, 3.8) is 0 Å². The van der Waals surface area contributed by atoms with Crippen LogP contribution in [-0.2, 0) is 11.3 Å². The highest BCUT2D eigenvalue weighted by Crippen LogP contribution is 2.27. The van der Waals surface area contributed by atoms with E-state index in [4.69, 9.17) is 4.74 Å². The molecule has 1 amide bonds. The van der Waals surface area contributed by atoms with Crippen molar-refractivity contribution in [2.24, 2.45) is 5.41 Å². The zero-order valence-electron chi connectivity index (χ0n) is 19.5. The quantitative estimate of drug-likeness (QED) is 0.485. The molecule has 1 aliphatic rings. The van der Waals surface area contributed by atoms with E-state index >= 15 is 0 Å². The summed E-state index contributed by atoms with van der Waals surface area (Å²) in [6, 6.07) is 10.8. The van der Waals surface area contributed by atoms with Crippen molar-refractivity contribution >= 4 is 17.2 Å². The van der Waals surface area contributed by atoms with E-state index in [1.807, 2.05) is 22.9 Å². The number of rotatable bonds is 4. The first-order valence-electron chi connectivity index (χ1n) is 11.4. The summed E-state index contributed by atoms with van der Waals surface area (Å²) in [5, 5.41) is 6.52. The second kappa shape index (κ2) is 8.66. The standard InChI is InChI=1S/C25H28N6O3/c1-25(2,3)20-15-34-14-19(28-20)16-7-8-21-27-17(13-30(21)12-16)11-26-24(33)18-10-23(32)31-9-5-4-6-22(31)29-18/h4-10,12-13,19-20,28H,11,14-15H2,1-3H3,(H,26,33)/t19-,20+/m1/s1. The van der Waals surface area contributed by atoms with Crippen molar-refractivity contribution in [2.45, 2.75) is 39.4 Å². The van der Waals surface area contributed by atoms with Crippen LogP contribution in [0.5, 0.6) is 0 Å². The summed E-state index contributed by atoms with van der Waals surface area (Å²) < 4.78 is 9.22. The fourth-order valence-corrected chi connectivity index (χ4v) is 4.12. The largest absolute Gasteiger partial charge is 0.378 e. The lowest BCUT2D eigenvalue weighted by Crippen LogP contribution is -2.50. The molecule has 4 aromatic rings. The Balaban J connectivity index is 1.30. The van der Waals surface area contributed by atoms with Crippen LogP contribution in [0.25, 0.3) is 11.3 Å². The molecule has 9 heteroatoms. The molecule has 1 fully saturated rings. The molecular weight excluding hydrogens is 432 g/mol. The molecule has 1 aliphatic heterocycles. The van der Waals surface area contributed by atoms with Crippen molar-refractivity contribution in [1.29, 1.82) is 0 Å². The number of carbonyl (C=O) groups is 1. The number of hydrogen-bond donors (Lipinski definition) is 2. The zero-order valence-corrected chi connectivity index (χ0v) is 19.5. The van der Waals surface area contributed by atoms with E-state index < -0.39 is 5.91 Å². The van der Waals surface area contributed by atoms with Crippen LogP contribution < -0.4 is 16.2 Å². The second-order valence-electron chi connectivity index (χ2n) is 9.73. The summed E-state index contributed by atoms with van der Waals surface area (Å²) in [6.07, 6.45) is 5.56. The molecule has 0 radical (unpaired) electrons. The maximum Gasteiger partial charge on any atom is 0.270 e. The Morgan fingerprint density at radius 1 is 1.15 bits per heavy atom. The van der Waals surface area contributed by atoms with Gasteiger partial charge in [0.2, 0.25) is 0 Å². The third-order valence-electron chi connectivity index (χ3n) is 6.18. The Hall–Kier alpha value is -3.56. The molecule has 0 spiro atoms. The number of fused-ring (bicyclic) bond motifs is 2. The number of morpholine rings is 1. The SMILES string of the molecule is CC(C)(C)[C@@H]1COC[C@H](c2ccc3nc(CNC(=O)c4cc(=O)n5ccccc5n4)cn3c2)N1. The van der Waals surface area contributed by atoms with Gasteiger partial charge in [-0.2, -0.15) is 0 Å². The fourth-order valence-electron chi connectivity index (χ4n) is 4.12. The van der Waals surface area contributed by atoms with Crippen LogP contribution in [0.3, 0.4) is 0 Å². The second-order valence-corrected chi connectivity index (χ2v) is 9.73. The van der Waals surface area contributed by atoms with E-state index in [1.54, 1.807) is 24.4 Å². The smallest absolute Gasteiger partial charge is 0.270 e. The third kappa shape index (κ3) is 4.44. The molecule has 0 unspecified atom stereocenters. The molecule has 34 heavy (non-hydrogen) atoms. The van der Waals surface area contributed by atoms with Crippen molar-refractivity contribution in [1.82, 2.24) is 29.4 Å². The van der Waals surface area contributed by atoms with Crippen LogP contribution in [0.2, 0.25) is 0 Å². The van der Waals surface area contributed by atoms with Gasteiger partial charge in [-0.3, -0.25) is 14.0 Å². The highest BCUT2D eigenvalue weighted by Gasteiger charge is 2.31. The number of carbonyl (C=O) groups excluding carboxylic acids is 1. The monoisotopic (exact) mass is 460 g/mol. The Morgan fingerprint density at radius 2 is 2.00 bits per heavy atom. The van der Waals surface area contributed by atoms with Crippen molar-refractivity contribution in [3.05, 3.63) is 82.3 Å². The molecule has 0 aromatic carbocycles. The first-order valence-corrected chi connectivity index (χ1v) is 11.4. The van der Waals surface area contributed by atoms with Crippen LogP contribution in [0.4, 0.5) is 0 Å². The molecule has 2 atom stereocenters. The van der Waals surface area contributed by atoms with E-state index in [9.17, 15) is 9.59 Å². The average molecular weight is 461 g/mol. The first kappa shape index (κ1) is 22.2. The summed E-state index contributed by atoms with van der Waals surface area (Å²) in [5.41, 5.74) is 2.94. The number of aromatic nitrogens is 4. The van der Waals surface area contributed by atoms with E-state index in [-0.39, 0.29) is 35.3 Å². The van der Waals surface area contributed by atoms with Gasteiger partial charge < -0.3 is 19.8 Å². The Labute approximate surface area is 196 Å². The molecule has 5 heterocycles. The van der Waals surface area contributed by atoms with Crippen LogP contribution in [0, 0.1) is 5.41 Å².